The molecule has 0 spiro atoms. The van der Waals surface area contributed by atoms with Gasteiger partial charge in [-0.05, 0) is 24.0 Å². The van der Waals surface area contributed by atoms with Crippen LogP contribution in [0.4, 0.5) is 5.69 Å². The van der Waals surface area contributed by atoms with Crippen molar-refractivity contribution in [1.82, 2.24) is 0 Å². The average molecular weight is 313 g/mol. The minimum atomic E-state index is -3.54. The summed E-state index contributed by atoms with van der Waals surface area (Å²) in [6.07, 6.45) is 0.521. The van der Waals surface area contributed by atoms with E-state index >= 15 is 0 Å². The summed E-state index contributed by atoms with van der Waals surface area (Å²) in [7, 11) is -2.10. The summed E-state index contributed by atoms with van der Waals surface area (Å²) in [5.74, 6) is 0.107. The van der Waals surface area contributed by atoms with E-state index in [0.29, 0.717) is 17.7 Å². The Kier molecular flexibility index (Phi) is 5.22. The summed E-state index contributed by atoms with van der Waals surface area (Å²) in [5.41, 5.74) is 5.92. The van der Waals surface area contributed by atoms with Crippen molar-refractivity contribution in [2.24, 2.45) is 11.1 Å². The average Bonchev–Trinajstić information content (AvgIpc) is 2.35. The van der Waals surface area contributed by atoms with Crippen molar-refractivity contribution in [3.63, 3.8) is 0 Å². The number of nitrogens with two attached hydrogens (primary N) is 1. The van der Waals surface area contributed by atoms with Gasteiger partial charge in [0.1, 0.15) is 17.3 Å². The van der Waals surface area contributed by atoms with Crippen molar-refractivity contribution in [1.29, 1.82) is 5.41 Å². The van der Waals surface area contributed by atoms with E-state index in [1.54, 1.807) is 18.2 Å². The lowest BCUT2D eigenvalue weighted by atomic mass is 9.94. The van der Waals surface area contributed by atoms with E-state index in [9.17, 15) is 8.42 Å². The molecule has 6 nitrogen and oxygen atoms in total. The van der Waals surface area contributed by atoms with Crippen LogP contribution in [0.2, 0.25) is 0 Å². The van der Waals surface area contributed by atoms with E-state index in [0.717, 1.165) is 0 Å². The zero-order valence-corrected chi connectivity index (χ0v) is 13.7. The highest BCUT2D eigenvalue weighted by Gasteiger charge is 2.21. The summed E-state index contributed by atoms with van der Waals surface area (Å²) >= 11 is 0. The van der Waals surface area contributed by atoms with Crippen molar-refractivity contribution in [2.75, 3.05) is 17.6 Å². The van der Waals surface area contributed by atoms with E-state index in [-0.39, 0.29) is 22.7 Å². The largest absolute Gasteiger partial charge is 0.495 e. The molecule has 0 radical (unpaired) electrons. The predicted octanol–water partition coefficient (Wildman–Crippen LogP) is 2.16. The molecule has 0 bridgehead atoms. The Bertz CT molecular complexity index is 619. The van der Waals surface area contributed by atoms with Gasteiger partial charge in [-0.25, -0.2) is 8.42 Å². The van der Waals surface area contributed by atoms with Gasteiger partial charge in [-0.3, -0.25) is 10.1 Å². The second kappa shape index (κ2) is 6.34. The lowest BCUT2D eigenvalue weighted by Crippen LogP contribution is -2.23. The molecule has 0 aliphatic carbocycles. The molecule has 0 saturated carbocycles. The molecule has 0 heterocycles. The maximum Gasteiger partial charge on any atom is 0.232 e. The lowest BCUT2D eigenvalue weighted by Gasteiger charge is -2.19. The predicted molar refractivity (Wildman–Crippen MR) is 85.5 cm³/mol. The number of benzene rings is 1. The Labute approximate surface area is 126 Å². The number of ether oxygens (including phenoxy) is 1. The fourth-order valence-electron chi connectivity index (χ4n) is 1.68. The summed E-state index contributed by atoms with van der Waals surface area (Å²) in [6, 6.07) is 4.85. The number of amidine groups is 1. The number of nitrogen functional groups attached to an aromatic ring is 1. The topological polar surface area (TPSA) is 105 Å². The van der Waals surface area contributed by atoms with Crippen LogP contribution in [-0.2, 0) is 10.0 Å². The van der Waals surface area contributed by atoms with Gasteiger partial charge in [0.15, 0.2) is 0 Å². The van der Waals surface area contributed by atoms with Gasteiger partial charge in [-0.15, -0.1) is 0 Å². The third kappa shape index (κ3) is 5.26. The van der Waals surface area contributed by atoms with E-state index in [4.69, 9.17) is 15.9 Å². The summed E-state index contributed by atoms with van der Waals surface area (Å²) < 4.78 is 32.1. The molecule has 4 N–H and O–H groups in total. The zero-order chi connectivity index (χ0) is 16.3. The van der Waals surface area contributed by atoms with Crippen LogP contribution in [0.25, 0.3) is 0 Å². The van der Waals surface area contributed by atoms with Crippen LogP contribution in [0, 0.1) is 10.8 Å². The highest BCUT2D eigenvalue weighted by molar-refractivity contribution is 7.92. The minimum absolute atomic E-state index is 0.00804. The minimum Gasteiger partial charge on any atom is -0.495 e. The van der Waals surface area contributed by atoms with E-state index in [1.807, 2.05) is 20.8 Å². The molecule has 0 saturated heterocycles. The van der Waals surface area contributed by atoms with Crippen molar-refractivity contribution in [2.45, 2.75) is 27.2 Å². The Morgan fingerprint density at radius 2 is 2.00 bits per heavy atom. The van der Waals surface area contributed by atoms with Gasteiger partial charge in [-0.2, -0.15) is 0 Å². The fourth-order valence-corrected chi connectivity index (χ4v) is 3.18. The molecule has 118 valence electrons. The Morgan fingerprint density at radius 3 is 2.48 bits per heavy atom. The molecule has 21 heavy (non-hydrogen) atoms. The second-order valence-electron chi connectivity index (χ2n) is 6.03. The number of sulfonamides is 1. The molecule has 1 aromatic carbocycles. The molecule has 0 amide bonds. The highest BCUT2D eigenvalue weighted by Crippen LogP contribution is 2.29. The molecule has 7 heteroatoms. The molecule has 0 aliphatic rings. The molecule has 1 rings (SSSR count). The van der Waals surface area contributed by atoms with Crippen molar-refractivity contribution < 1.29 is 13.2 Å². The van der Waals surface area contributed by atoms with Crippen molar-refractivity contribution in [3.05, 3.63) is 23.8 Å². The van der Waals surface area contributed by atoms with Gasteiger partial charge in [0.2, 0.25) is 10.0 Å². The van der Waals surface area contributed by atoms with Gasteiger partial charge >= 0.3 is 0 Å². The van der Waals surface area contributed by atoms with Gasteiger partial charge in [0, 0.05) is 5.56 Å². The fraction of sp³-hybridized carbons (Fsp3) is 0.500. The molecule has 1 aromatic rings. The number of methoxy groups -OCH3 is 1. The van der Waals surface area contributed by atoms with Gasteiger partial charge < -0.3 is 10.5 Å². The maximum absolute atomic E-state index is 12.2. The number of nitrogens with one attached hydrogen (secondary N) is 2. The standard InChI is InChI=1S/C14H23N3O3S/c1-14(2,3)8-9-21(18,19)17-12-10(13(15)16)6-5-7-11(12)20-4/h5-7,17H,8-9H2,1-4H3,(H3,15,16). The summed E-state index contributed by atoms with van der Waals surface area (Å²) in [5, 5.41) is 7.54. The number of hydrogen-bond acceptors (Lipinski definition) is 4. The van der Waals surface area contributed by atoms with E-state index < -0.39 is 10.0 Å². The number of rotatable bonds is 6. The monoisotopic (exact) mass is 313 g/mol. The van der Waals surface area contributed by atoms with E-state index in [2.05, 4.69) is 4.72 Å². The van der Waals surface area contributed by atoms with Crippen LogP contribution >= 0.6 is 0 Å². The first-order valence-electron chi connectivity index (χ1n) is 6.57. The Hall–Kier alpha value is -1.76. The van der Waals surface area contributed by atoms with Gasteiger partial charge in [-0.1, -0.05) is 26.8 Å². The second-order valence-corrected chi connectivity index (χ2v) is 7.87. The van der Waals surface area contributed by atoms with Crippen LogP contribution in [0.1, 0.15) is 32.8 Å². The Balaban J connectivity index is 3.09. The highest BCUT2D eigenvalue weighted by atomic mass is 32.2. The summed E-state index contributed by atoms with van der Waals surface area (Å²) in [4.78, 5) is 0. The van der Waals surface area contributed by atoms with Crippen molar-refractivity contribution in [3.8, 4) is 5.75 Å². The van der Waals surface area contributed by atoms with Crippen LogP contribution < -0.4 is 15.2 Å². The number of para-hydroxylation sites is 1. The quantitative estimate of drug-likeness (QED) is 0.552. The molecule has 0 aromatic heterocycles. The molecule has 0 aliphatic heterocycles. The van der Waals surface area contributed by atoms with Crippen molar-refractivity contribution >= 4 is 21.5 Å². The first-order chi connectivity index (χ1) is 9.56. The maximum atomic E-state index is 12.2. The van der Waals surface area contributed by atoms with Crippen LogP contribution in [0.5, 0.6) is 5.75 Å². The first-order valence-corrected chi connectivity index (χ1v) is 8.23. The molecular weight excluding hydrogens is 290 g/mol. The SMILES string of the molecule is COc1cccc(C(=N)N)c1NS(=O)(=O)CCC(C)(C)C. The van der Waals surface area contributed by atoms with Crippen LogP contribution in [0.3, 0.4) is 0 Å². The molecule has 0 atom stereocenters. The third-order valence-corrected chi connectivity index (χ3v) is 4.17. The van der Waals surface area contributed by atoms with E-state index in [1.165, 1.54) is 7.11 Å². The normalized spacial score (nSPS) is 12.0. The zero-order valence-electron chi connectivity index (χ0n) is 12.9. The lowest BCUT2D eigenvalue weighted by molar-refractivity contribution is 0.397. The Morgan fingerprint density at radius 1 is 1.38 bits per heavy atom. The van der Waals surface area contributed by atoms with Gasteiger partial charge in [0.25, 0.3) is 0 Å². The van der Waals surface area contributed by atoms with Gasteiger partial charge in [0.05, 0.1) is 12.9 Å². The number of hydrogen-bond donors (Lipinski definition) is 3. The first kappa shape index (κ1) is 17.3. The molecule has 0 fully saturated rings. The smallest absolute Gasteiger partial charge is 0.232 e. The number of anilines is 1. The van der Waals surface area contributed by atoms with Crippen LogP contribution in [-0.4, -0.2) is 27.1 Å². The molecule has 0 unspecified atom stereocenters. The molecular formula is C14H23N3O3S. The summed E-state index contributed by atoms with van der Waals surface area (Å²) in [6.45, 7) is 5.94. The third-order valence-electron chi connectivity index (χ3n) is 2.91. The van der Waals surface area contributed by atoms with Crippen LogP contribution in [0.15, 0.2) is 18.2 Å².